The van der Waals surface area contributed by atoms with E-state index < -0.39 is 0 Å². The molecule has 3 aromatic rings. The van der Waals surface area contributed by atoms with Gasteiger partial charge in [0.2, 0.25) is 5.91 Å². The minimum Gasteiger partial charge on any atom is -0.495 e. The number of carbonyl (C=O) groups excluding carboxylic acids is 1. The fourth-order valence-corrected chi connectivity index (χ4v) is 2.66. The number of benzene rings is 2. The van der Waals surface area contributed by atoms with Crippen molar-refractivity contribution in [1.82, 2.24) is 15.3 Å². The summed E-state index contributed by atoms with van der Waals surface area (Å²) in [5.74, 6) is 1.06. The van der Waals surface area contributed by atoms with Gasteiger partial charge in [-0.05, 0) is 42.5 Å². The number of thiocarbonyl (C=S) groups is 1. The number of aromatic nitrogens is 2. The molecular weight excluding hydrogens is 348 g/mol. The van der Waals surface area contributed by atoms with Crippen LogP contribution in [0.15, 0.2) is 42.5 Å². The predicted molar refractivity (Wildman–Crippen MR) is 107 cm³/mol. The second-order valence-electron chi connectivity index (χ2n) is 6.12. The third-order valence-electron chi connectivity index (χ3n) is 3.87. The van der Waals surface area contributed by atoms with E-state index in [0.717, 1.165) is 22.4 Å². The van der Waals surface area contributed by atoms with E-state index in [9.17, 15) is 4.79 Å². The molecule has 1 amide bonds. The van der Waals surface area contributed by atoms with Gasteiger partial charge < -0.3 is 20.4 Å². The summed E-state index contributed by atoms with van der Waals surface area (Å²) in [5.41, 5.74) is 3.39. The maximum Gasteiger partial charge on any atom is 0.228 e. The number of imidazole rings is 1. The Morgan fingerprint density at radius 3 is 2.69 bits per heavy atom. The number of nitrogens with one attached hydrogen (secondary N) is 3. The number of hydrogen-bond donors (Lipinski definition) is 3. The van der Waals surface area contributed by atoms with Crippen LogP contribution in [0.5, 0.6) is 5.75 Å². The number of rotatable bonds is 4. The molecule has 2 aromatic carbocycles. The number of para-hydroxylation sites is 2. The number of nitrogens with zero attached hydrogens (tertiary/aromatic N) is 1. The van der Waals surface area contributed by atoms with Gasteiger partial charge in [-0.2, -0.15) is 0 Å². The zero-order valence-electron chi connectivity index (χ0n) is 14.8. The van der Waals surface area contributed by atoms with Crippen molar-refractivity contribution in [2.75, 3.05) is 12.4 Å². The molecule has 6 nitrogen and oxygen atoms in total. The van der Waals surface area contributed by atoms with Gasteiger partial charge in [0.15, 0.2) is 5.11 Å². The van der Waals surface area contributed by atoms with E-state index in [1.54, 1.807) is 21.0 Å². The van der Waals surface area contributed by atoms with E-state index in [-0.39, 0.29) is 16.9 Å². The number of amides is 1. The van der Waals surface area contributed by atoms with E-state index in [1.807, 2.05) is 42.5 Å². The van der Waals surface area contributed by atoms with Crippen LogP contribution in [0.2, 0.25) is 0 Å². The van der Waals surface area contributed by atoms with Gasteiger partial charge in [0, 0.05) is 11.5 Å². The largest absolute Gasteiger partial charge is 0.495 e. The Morgan fingerprint density at radius 1 is 1.23 bits per heavy atom. The summed E-state index contributed by atoms with van der Waals surface area (Å²) < 4.78 is 5.38. The first-order chi connectivity index (χ1) is 12.5. The molecule has 134 valence electrons. The van der Waals surface area contributed by atoms with Crippen molar-refractivity contribution in [2.24, 2.45) is 5.92 Å². The number of hydrogen-bond acceptors (Lipinski definition) is 4. The molecule has 0 bridgehead atoms. The lowest BCUT2D eigenvalue weighted by Crippen LogP contribution is -2.36. The molecule has 0 aliphatic carbocycles. The van der Waals surface area contributed by atoms with E-state index in [4.69, 9.17) is 17.0 Å². The zero-order chi connectivity index (χ0) is 18.7. The van der Waals surface area contributed by atoms with E-state index in [1.165, 1.54) is 0 Å². The fourth-order valence-electron chi connectivity index (χ4n) is 2.45. The number of ether oxygens (including phenoxy) is 1. The molecule has 0 atom stereocenters. The molecule has 3 rings (SSSR count). The molecule has 1 heterocycles. The van der Waals surface area contributed by atoms with Crippen LogP contribution in [0.4, 0.5) is 5.69 Å². The lowest BCUT2D eigenvalue weighted by Gasteiger charge is -2.14. The number of aromatic amines is 1. The molecule has 0 radical (unpaired) electrons. The summed E-state index contributed by atoms with van der Waals surface area (Å²) in [6.07, 6.45) is 0. The standard InChI is InChI=1S/C19H20N4O2S/c1-11(2)18(24)23-19(26)22-15-10-12(8-9-16(15)25-3)17-20-13-6-4-5-7-14(13)21-17/h4-11H,1-3H3,(H,20,21)(H2,22,23,24,26). The Labute approximate surface area is 157 Å². The zero-order valence-corrected chi connectivity index (χ0v) is 15.6. The Hall–Kier alpha value is -2.93. The Morgan fingerprint density at radius 2 is 2.00 bits per heavy atom. The first kappa shape index (κ1) is 17.9. The second kappa shape index (κ2) is 7.53. The predicted octanol–water partition coefficient (Wildman–Crippen LogP) is 3.71. The molecule has 7 heteroatoms. The molecule has 0 spiro atoms. The minimum absolute atomic E-state index is 0.144. The van der Waals surface area contributed by atoms with Crippen molar-refractivity contribution in [3.63, 3.8) is 0 Å². The summed E-state index contributed by atoms with van der Waals surface area (Å²) in [7, 11) is 1.58. The maximum atomic E-state index is 11.8. The summed E-state index contributed by atoms with van der Waals surface area (Å²) in [6, 6.07) is 13.5. The molecule has 0 aliphatic heterocycles. The molecule has 3 N–H and O–H groups in total. The summed E-state index contributed by atoms with van der Waals surface area (Å²) >= 11 is 5.23. The van der Waals surface area contributed by atoms with Gasteiger partial charge in [-0.15, -0.1) is 0 Å². The van der Waals surface area contributed by atoms with E-state index >= 15 is 0 Å². The van der Waals surface area contributed by atoms with E-state index in [0.29, 0.717) is 11.4 Å². The molecule has 1 aromatic heterocycles. The van der Waals surface area contributed by atoms with Crippen molar-refractivity contribution in [2.45, 2.75) is 13.8 Å². The lowest BCUT2D eigenvalue weighted by atomic mass is 10.1. The number of anilines is 1. The highest BCUT2D eigenvalue weighted by Gasteiger charge is 2.13. The smallest absolute Gasteiger partial charge is 0.228 e. The van der Waals surface area contributed by atoms with Crippen molar-refractivity contribution in [3.05, 3.63) is 42.5 Å². The molecule has 0 fully saturated rings. The number of methoxy groups -OCH3 is 1. The van der Waals surface area contributed by atoms with Crippen LogP contribution in [-0.4, -0.2) is 28.1 Å². The number of fused-ring (bicyclic) bond motifs is 1. The number of carbonyl (C=O) groups is 1. The van der Waals surface area contributed by atoms with Crippen molar-refractivity contribution in [1.29, 1.82) is 0 Å². The highest BCUT2D eigenvalue weighted by atomic mass is 32.1. The van der Waals surface area contributed by atoms with Crippen molar-refractivity contribution in [3.8, 4) is 17.1 Å². The third kappa shape index (κ3) is 3.83. The van der Waals surface area contributed by atoms with Gasteiger partial charge >= 0.3 is 0 Å². The maximum absolute atomic E-state index is 11.8. The van der Waals surface area contributed by atoms with Gasteiger partial charge in [0.1, 0.15) is 11.6 Å². The molecule has 0 aliphatic rings. The highest BCUT2D eigenvalue weighted by Crippen LogP contribution is 2.30. The molecule has 0 saturated carbocycles. The molecule has 0 saturated heterocycles. The van der Waals surface area contributed by atoms with Crippen LogP contribution < -0.4 is 15.4 Å². The monoisotopic (exact) mass is 368 g/mol. The van der Waals surface area contributed by atoms with Crippen LogP contribution in [-0.2, 0) is 4.79 Å². The molecular formula is C19H20N4O2S. The van der Waals surface area contributed by atoms with Gasteiger partial charge in [-0.25, -0.2) is 4.98 Å². The number of H-pyrrole nitrogens is 1. The average molecular weight is 368 g/mol. The minimum atomic E-state index is -0.154. The van der Waals surface area contributed by atoms with Crippen LogP contribution >= 0.6 is 12.2 Å². The van der Waals surface area contributed by atoms with Crippen LogP contribution in [0.25, 0.3) is 22.4 Å². The third-order valence-corrected chi connectivity index (χ3v) is 4.08. The Kier molecular flexibility index (Phi) is 5.18. The normalized spacial score (nSPS) is 10.8. The topological polar surface area (TPSA) is 79.0 Å². The summed E-state index contributed by atoms with van der Waals surface area (Å²) in [5, 5.41) is 5.91. The van der Waals surface area contributed by atoms with Crippen molar-refractivity contribution >= 4 is 40.0 Å². The summed E-state index contributed by atoms with van der Waals surface area (Å²) in [6.45, 7) is 3.61. The van der Waals surface area contributed by atoms with E-state index in [2.05, 4.69) is 20.6 Å². The fraction of sp³-hybridized carbons (Fsp3) is 0.211. The second-order valence-corrected chi connectivity index (χ2v) is 6.52. The van der Waals surface area contributed by atoms with Crippen LogP contribution in [0.3, 0.4) is 0 Å². The van der Waals surface area contributed by atoms with Crippen LogP contribution in [0.1, 0.15) is 13.8 Å². The quantitative estimate of drug-likeness (QED) is 0.612. The van der Waals surface area contributed by atoms with Gasteiger partial charge in [0.05, 0.1) is 23.8 Å². The Balaban J connectivity index is 1.88. The SMILES string of the molecule is COc1ccc(-c2nc3ccccc3[nH]2)cc1NC(=S)NC(=O)C(C)C. The molecule has 26 heavy (non-hydrogen) atoms. The lowest BCUT2D eigenvalue weighted by molar-refractivity contribution is -0.122. The average Bonchev–Trinajstić information content (AvgIpc) is 3.05. The first-order valence-corrected chi connectivity index (χ1v) is 8.63. The van der Waals surface area contributed by atoms with Gasteiger partial charge in [-0.1, -0.05) is 26.0 Å². The highest BCUT2D eigenvalue weighted by molar-refractivity contribution is 7.80. The summed E-state index contributed by atoms with van der Waals surface area (Å²) in [4.78, 5) is 19.7. The van der Waals surface area contributed by atoms with Gasteiger partial charge in [0.25, 0.3) is 0 Å². The molecule has 0 unspecified atom stereocenters. The van der Waals surface area contributed by atoms with Crippen molar-refractivity contribution < 1.29 is 9.53 Å². The van der Waals surface area contributed by atoms with Crippen LogP contribution in [0, 0.1) is 5.92 Å². The van der Waals surface area contributed by atoms with Gasteiger partial charge in [-0.3, -0.25) is 4.79 Å². The Bertz CT molecular complexity index is 932. The first-order valence-electron chi connectivity index (χ1n) is 8.23.